The minimum atomic E-state index is -0.851. The molecule has 0 spiro atoms. The first kappa shape index (κ1) is 14.2. The van der Waals surface area contributed by atoms with Crippen molar-refractivity contribution < 1.29 is 13.9 Å². The average Bonchev–Trinajstić information content (AvgIpc) is 2.79. The lowest BCUT2D eigenvalue weighted by Gasteiger charge is -2.23. The molecule has 3 unspecified atom stereocenters. The number of hydrogen-bond donors (Lipinski definition) is 2. The number of hydrogen-bond acceptors (Lipinski definition) is 2. The second kappa shape index (κ2) is 5.54. The minimum Gasteiger partial charge on any atom is -0.387 e. The normalized spacial score (nSPS) is 22.1. The van der Waals surface area contributed by atoms with Gasteiger partial charge in [0.15, 0.2) is 11.6 Å². The molecule has 21 heavy (non-hydrogen) atoms. The van der Waals surface area contributed by atoms with Gasteiger partial charge in [-0.25, -0.2) is 8.78 Å². The molecule has 0 heterocycles. The highest BCUT2D eigenvalue weighted by Gasteiger charge is 2.31. The van der Waals surface area contributed by atoms with Crippen molar-refractivity contribution in [2.24, 2.45) is 0 Å². The first-order valence-electron chi connectivity index (χ1n) is 7.03. The van der Waals surface area contributed by atoms with Gasteiger partial charge in [0, 0.05) is 17.6 Å². The van der Waals surface area contributed by atoms with Crippen LogP contribution in [-0.2, 0) is 6.42 Å². The van der Waals surface area contributed by atoms with E-state index in [0.717, 1.165) is 17.2 Å². The Balaban J connectivity index is 1.78. The van der Waals surface area contributed by atoms with Crippen LogP contribution in [-0.4, -0.2) is 11.1 Å². The van der Waals surface area contributed by atoms with E-state index in [9.17, 15) is 13.9 Å². The van der Waals surface area contributed by atoms with Crippen LogP contribution in [0.2, 0.25) is 0 Å². The number of fused-ring (bicyclic) bond motifs is 1. The van der Waals surface area contributed by atoms with E-state index in [1.807, 2.05) is 24.3 Å². The van der Waals surface area contributed by atoms with Crippen molar-refractivity contribution in [2.75, 3.05) is 0 Å². The molecule has 0 radical (unpaired) electrons. The molecule has 3 atom stereocenters. The highest BCUT2D eigenvalue weighted by atomic mass is 19.2. The molecule has 0 fully saturated rings. The third kappa shape index (κ3) is 2.57. The lowest BCUT2D eigenvalue weighted by Crippen LogP contribution is -2.35. The molecule has 0 bridgehead atoms. The quantitative estimate of drug-likeness (QED) is 0.909. The molecule has 0 saturated carbocycles. The fraction of sp³-hybridized carbons (Fsp3) is 0.294. The Morgan fingerprint density at radius 2 is 1.90 bits per heavy atom. The lowest BCUT2D eigenvalue weighted by molar-refractivity contribution is 0.136. The van der Waals surface area contributed by atoms with E-state index in [4.69, 9.17) is 0 Å². The monoisotopic (exact) mass is 289 g/mol. The summed E-state index contributed by atoms with van der Waals surface area (Å²) >= 11 is 0. The third-order valence-corrected chi connectivity index (χ3v) is 4.11. The van der Waals surface area contributed by atoms with E-state index >= 15 is 0 Å². The van der Waals surface area contributed by atoms with Crippen LogP contribution in [0, 0.1) is 11.6 Å². The Morgan fingerprint density at radius 3 is 2.67 bits per heavy atom. The molecule has 2 aromatic carbocycles. The Morgan fingerprint density at radius 1 is 1.14 bits per heavy atom. The summed E-state index contributed by atoms with van der Waals surface area (Å²) in [5.74, 6) is -1.68. The van der Waals surface area contributed by atoms with E-state index in [1.54, 1.807) is 13.0 Å². The predicted octanol–water partition coefficient (Wildman–Crippen LogP) is 3.27. The van der Waals surface area contributed by atoms with Gasteiger partial charge in [-0.15, -0.1) is 0 Å². The zero-order chi connectivity index (χ0) is 15.0. The molecule has 0 amide bonds. The van der Waals surface area contributed by atoms with Crippen LogP contribution in [0.15, 0.2) is 42.5 Å². The number of rotatable bonds is 3. The molecule has 0 aliphatic heterocycles. The lowest BCUT2D eigenvalue weighted by atomic mass is 10.0. The van der Waals surface area contributed by atoms with Crippen molar-refractivity contribution in [1.82, 2.24) is 5.32 Å². The number of aliphatic hydroxyl groups excluding tert-OH is 1. The summed E-state index contributed by atoms with van der Waals surface area (Å²) in [7, 11) is 0. The SMILES string of the molecule is CC(NC1Cc2ccccc2C1O)c1cccc(F)c1F. The van der Waals surface area contributed by atoms with Crippen molar-refractivity contribution in [3.8, 4) is 0 Å². The van der Waals surface area contributed by atoms with Crippen molar-refractivity contribution >= 4 is 0 Å². The molecule has 4 heteroatoms. The number of aliphatic hydroxyl groups is 1. The highest BCUT2D eigenvalue weighted by Crippen LogP contribution is 2.32. The Labute approximate surface area is 122 Å². The number of nitrogens with one attached hydrogen (secondary N) is 1. The Bertz CT molecular complexity index is 659. The zero-order valence-corrected chi connectivity index (χ0v) is 11.7. The summed E-state index contributed by atoms with van der Waals surface area (Å²) in [5, 5.41) is 13.5. The van der Waals surface area contributed by atoms with Gasteiger partial charge in [-0.3, -0.25) is 0 Å². The predicted molar refractivity (Wildman–Crippen MR) is 76.8 cm³/mol. The second-order valence-electron chi connectivity index (χ2n) is 5.49. The van der Waals surface area contributed by atoms with Crippen LogP contribution >= 0.6 is 0 Å². The van der Waals surface area contributed by atoms with Crippen molar-refractivity contribution in [3.63, 3.8) is 0 Å². The van der Waals surface area contributed by atoms with Crippen LogP contribution in [0.3, 0.4) is 0 Å². The van der Waals surface area contributed by atoms with Crippen LogP contribution in [0.1, 0.15) is 35.8 Å². The summed E-state index contributed by atoms with van der Waals surface area (Å²) in [5.41, 5.74) is 2.27. The number of benzene rings is 2. The molecule has 1 aliphatic rings. The van der Waals surface area contributed by atoms with Gasteiger partial charge in [-0.1, -0.05) is 36.4 Å². The largest absolute Gasteiger partial charge is 0.387 e. The Hall–Kier alpha value is -1.78. The van der Waals surface area contributed by atoms with Crippen molar-refractivity contribution in [2.45, 2.75) is 31.5 Å². The van der Waals surface area contributed by atoms with Gasteiger partial charge >= 0.3 is 0 Å². The first-order chi connectivity index (χ1) is 10.1. The molecule has 110 valence electrons. The smallest absolute Gasteiger partial charge is 0.163 e. The van der Waals surface area contributed by atoms with Crippen molar-refractivity contribution in [3.05, 3.63) is 70.8 Å². The van der Waals surface area contributed by atoms with Gasteiger partial charge in [-0.2, -0.15) is 0 Å². The van der Waals surface area contributed by atoms with Gasteiger partial charge in [0.05, 0.1) is 6.10 Å². The van der Waals surface area contributed by atoms with Gasteiger partial charge in [0.1, 0.15) is 0 Å². The molecule has 0 aromatic heterocycles. The van der Waals surface area contributed by atoms with Gasteiger partial charge in [-0.05, 0) is 30.5 Å². The zero-order valence-electron chi connectivity index (χ0n) is 11.7. The molecule has 0 saturated heterocycles. The average molecular weight is 289 g/mol. The van der Waals surface area contributed by atoms with Crippen LogP contribution < -0.4 is 5.32 Å². The fourth-order valence-corrected chi connectivity index (χ4v) is 2.99. The molecule has 3 rings (SSSR count). The van der Waals surface area contributed by atoms with Crippen LogP contribution in [0.5, 0.6) is 0 Å². The molecular weight excluding hydrogens is 272 g/mol. The molecular formula is C17H17F2NO. The number of halogens is 2. The molecule has 1 aliphatic carbocycles. The van der Waals surface area contributed by atoms with E-state index in [-0.39, 0.29) is 17.6 Å². The molecule has 2 nitrogen and oxygen atoms in total. The van der Waals surface area contributed by atoms with E-state index in [2.05, 4.69) is 5.32 Å². The van der Waals surface area contributed by atoms with Gasteiger partial charge in [0.2, 0.25) is 0 Å². The minimum absolute atomic E-state index is 0.194. The summed E-state index contributed by atoms with van der Waals surface area (Å²) < 4.78 is 27.1. The standard InChI is InChI=1S/C17H17F2NO/c1-10(12-7-4-8-14(18)16(12)19)20-15-9-11-5-2-3-6-13(11)17(15)21/h2-8,10,15,17,20-21H,9H2,1H3. The summed E-state index contributed by atoms with van der Waals surface area (Å²) in [6.07, 6.45) is 0.0544. The highest BCUT2D eigenvalue weighted by molar-refractivity contribution is 5.36. The molecule has 2 N–H and O–H groups in total. The molecule has 2 aromatic rings. The Kier molecular flexibility index (Phi) is 3.74. The van der Waals surface area contributed by atoms with E-state index in [0.29, 0.717) is 6.42 Å². The topological polar surface area (TPSA) is 32.3 Å². The fourth-order valence-electron chi connectivity index (χ4n) is 2.99. The van der Waals surface area contributed by atoms with Crippen LogP contribution in [0.25, 0.3) is 0 Å². The summed E-state index contributed by atoms with van der Waals surface area (Å²) in [6.45, 7) is 1.77. The summed E-state index contributed by atoms with van der Waals surface area (Å²) in [6, 6.07) is 11.3. The first-order valence-corrected chi connectivity index (χ1v) is 7.03. The van der Waals surface area contributed by atoms with Crippen LogP contribution in [0.4, 0.5) is 8.78 Å². The maximum absolute atomic E-state index is 13.8. The van der Waals surface area contributed by atoms with E-state index in [1.165, 1.54) is 6.07 Å². The second-order valence-corrected chi connectivity index (χ2v) is 5.49. The van der Waals surface area contributed by atoms with Gasteiger partial charge < -0.3 is 10.4 Å². The maximum atomic E-state index is 13.8. The maximum Gasteiger partial charge on any atom is 0.163 e. The van der Waals surface area contributed by atoms with Gasteiger partial charge in [0.25, 0.3) is 0 Å². The van der Waals surface area contributed by atoms with E-state index < -0.39 is 17.7 Å². The summed E-state index contributed by atoms with van der Waals surface area (Å²) in [4.78, 5) is 0. The third-order valence-electron chi connectivity index (χ3n) is 4.11. The van der Waals surface area contributed by atoms with Crippen molar-refractivity contribution in [1.29, 1.82) is 0 Å².